The van der Waals surface area contributed by atoms with Gasteiger partial charge in [-0.3, -0.25) is 0 Å². The Kier molecular flexibility index (Phi) is 4.91. The molecule has 1 aromatic rings. The molecule has 118 valence electrons. The summed E-state index contributed by atoms with van der Waals surface area (Å²) < 4.78 is 76.8. The van der Waals surface area contributed by atoms with E-state index in [1.165, 1.54) is 4.72 Å². The quantitative estimate of drug-likeness (QED) is 0.661. The van der Waals surface area contributed by atoms with E-state index in [-0.39, 0.29) is 0 Å². The largest absolute Gasteiger partial charge is 0.477 e. The van der Waals surface area contributed by atoms with Crippen LogP contribution in [0, 0.1) is 11.6 Å². The van der Waals surface area contributed by atoms with Crippen LogP contribution in [0.3, 0.4) is 0 Å². The van der Waals surface area contributed by atoms with Crippen LogP contribution >= 0.6 is 0 Å². The van der Waals surface area contributed by atoms with Gasteiger partial charge in [0.05, 0.1) is 6.54 Å². The van der Waals surface area contributed by atoms with Crippen LogP contribution < -0.4 is 4.72 Å². The molecular weight excluding hydrogens is 322 g/mol. The van der Waals surface area contributed by atoms with E-state index in [9.17, 15) is 30.8 Å². The predicted octanol–water partition coefficient (Wildman–Crippen LogP) is 0.569. The normalized spacial score (nSPS) is 12.4. The van der Waals surface area contributed by atoms with Crippen LogP contribution in [-0.2, 0) is 10.0 Å². The molecule has 0 spiro atoms. The molecule has 0 aliphatic heterocycles. The van der Waals surface area contributed by atoms with E-state index in [1.807, 2.05) is 0 Å². The molecule has 6 nitrogen and oxygen atoms in total. The van der Waals surface area contributed by atoms with Crippen LogP contribution in [-0.4, -0.2) is 43.7 Å². The molecule has 0 aliphatic carbocycles. The van der Waals surface area contributed by atoms with Gasteiger partial charge in [-0.2, -0.15) is 0 Å². The van der Waals surface area contributed by atoms with Crippen LogP contribution in [0.15, 0.2) is 17.0 Å². The fourth-order valence-corrected chi connectivity index (χ4v) is 2.41. The first kappa shape index (κ1) is 17.3. The van der Waals surface area contributed by atoms with E-state index in [0.717, 1.165) is 0 Å². The van der Waals surface area contributed by atoms with E-state index in [4.69, 9.17) is 10.2 Å². The minimum absolute atomic E-state index is 0.380. The summed E-state index contributed by atoms with van der Waals surface area (Å²) in [5.74, 6) is -9.27. The van der Waals surface area contributed by atoms with Gasteiger partial charge in [-0.05, 0) is 12.1 Å². The Morgan fingerprint density at radius 3 is 2.33 bits per heavy atom. The molecule has 0 heterocycles. The number of nitrogens with one attached hydrogen (secondary N) is 1. The lowest BCUT2D eigenvalue weighted by molar-refractivity contribution is -0.0437. The average Bonchev–Trinajstić information content (AvgIpc) is 2.36. The lowest BCUT2D eigenvalue weighted by Gasteiger charge is -2.15. The third kappa shape index (κ3) is 3.89. The van der Waals surface area contributed by atoms with Crippen molar-refractivity contribution in [1.29, 1.82) is 0 Å². The summed E-state index contributed by atoms with van der Waals surface area (Å²) in [6, 6.07) is 0.780. The first-order valence-electron chi connectivity index (χ1n) is 5.21. The Labute approximate surface area is 116 Å². The van der Waals surface area contributed by atoms with Crippen molar-refractivity contribution < 1.29 is 41.0 Å². The Morgan fingerprint density at radius 2 is 1.86 bits per heavy atom. The summed E-state index contributed by atoms with van der Waals surface area (Å²) >= 11 is 0. The van der Waals surface area contributed by atoms with Crippen LogP contribution in [0.2, 0.25) is 0 Å². The molecule has 0 amide bonds. The number of sulfonamides is 1. The fourth-order valence-electron chi connectivity index (χ4n) is 1.27. The molecule has 1 aromatic carbocycles. The van der Waals surface area contributed by atoms with Gasteiger partial charge in [-0.1, -0.05) is 0 Å². The Hall–Kier alpha value is -1.72. The first-order valence-corrected chi connectivity index (χ1v) is 6.70. The van der Waals surface area contributed by atoms with Gasteiger partial charge in [-0.25, -0.2) is 35.5 Å². The van der Waals surface area contributed by atoms with Crippen molar-refractivity contribution in [2.75, 3.05) is 13.2 Å². The van der Waals surface area contributed by atoms with Gasteiger partial charge in [0.25, 0.3) is 5.92 Å². The number of hydrogen-bond acceptors (Lipinski definition) is 4. The minimum atomic E-state index is -4.85. The first-order chi connectivity index (χ1) is 9.52. The number of halogens is 4. The fraction of sp³-hybridized carbons (Fsp3) is 0.300. The number of aliphatic hydroxyl groups is 1. The summed E-state index contributed by atoms with van der Waals surface area (Å²) in [7, 11) is -4.85. The van der Waals surface area contributed by atoms with Gasteiger partial charge in [0.2, 0.25) is 10.0 Å². The van der Waals surface area contributed by atoms with Gasteiger partial charge in [-0.15, -0.1) is 0 Å². The zero-order valence-electron chi connectivity index (χ0n) is 10.1. The number of carboxylic acids is 1. The third-order valence-electron chi connectivity index (χ3n) is 2.31. The van der Waals surface area contributed by atoms with Gasteiger partial charge in [0.1, 0.15) is 22.9 Å². The van der Waals surface area contributed by atoms with Crippen LogP contribution in [0.25, 0.3) is 0 Å². The number of hydrogen-bond donors (Lipinski definition) is 3. The second-order valence-electron chi connectivity index (χ2n) is 3.88. The van der Waals surface area contributed by atoms with Crippen molar-refractivity contribution in [1.82, 2.24) is 4.72 Å². The monoisotopic (exact) mass is 331 g/mol. The summed E-state index contributed by atoms with van der Waals surface area (Å²) in [5, 5.41) is 16.9. The summed E-state index contributed by atoms with van der Waals surface area (Å²) in [6.45, 7) is -3.19. The molecule has 0 bridgehead atoms. The molecule has 0 unspecified atom stereocenters. The SMILES string of the molecule is O=C(O)c1c(F)ccc(S(=O)(=O)NCC(F)(F)CO)c1F. The molecule has 0 atom stereocenters. The van der Waals surface area contributed by atoms with Crippen molar-refractivity contribution in [2.24, 2.45) is 0 Å². The molecule has 0 aromatic heterocycles. The van der Waals surface area contributed by atoms with Gasteiger partial charge in [0, 0.05) is 0 Å². The zero-order valence-corrected chi connectivity index (χ0v) is 10.9. The molecule has 0 saturated carbocycles. The number of carbonyl (C=O) groups is 1. The molecular formula is C10H9F4NO5S. The Bertz CT molecular complexity index is 662. The molecule has 3 N–H and O–H groups in total. The lowest BCUT2D eigenvalue weighted by Crippen LogP contribution is -2.39. The highest BCUT2D eigenvalue weighted by Crippen LogP contribution is 2.21. The molecule has 0 aliphatic rings. The van der Waals surface area contributed by atoms with Crippen molar-refractivity contribution in [3.8, 4) is 0 Å². The van der Waals surface area contributed by atoms with Crippen molar-refractivity contribution in [3.05, 3.63) is 29.3 Å². The summed E-state index contributed by atoms with van der Waals surface area (Å²) in [4.78, 5) is 9.34. The average molecular weight is 331 g/mol. The molecule has 0 fully saturated rings. The van der Waals surface area contributed by atoms with E-state index >= 15 is 0 Å². The number of rotatable bonds is 6. The minimum Gasteiger partial charge on any atom is -0.477 e. The van der Waals surface area contributed by atoms with Crippen LogP contribution in [0.1, 0.15) is 10.4 Å². The maximum Gasteiger partial charge on any atom is 0.341 e. The smallest absolute Gasteiger partial charge is 0.341 e. The third-order valence-corrected chi connectivity index (χ3v) is 3.73. The molecule has 21 heavy (non-hydrogen) atoms. The number of aromatic carboxylic acids is 1. The number of carboxylic acid groups (broad SMARTS) is 1. The highest BCUT2D eigenvalue weighted by Gasteiger charge is 2.32. The van der Waals surface area contributed by atoms with Crippen LogP contribution in [0.4, 0.5) is 17.6 Å². The van der Waals surface area contributed by atoms with E-state index < -0.39 is 57.2 Å². The second-order valence-corrected chi connectivity index (χ2v) is 5.61. The van der Waals surface area contributed by atoms with Gasteiger partial charge in [0.15, 0.2) is 5.82 Å². The van der Waals surface area contributed by atoms with Crippen molar-refractivity contribution in [2.45, 2.75) is 10.8 Å². The van der Waals surface area contributed by atoms with Crippen molar-refractivity contribution in [3.63, 3.8) is 0 Å². The van der Waals surface area contributed by atoms with Crippen LogP contribution in [0.5, 0.6) is 0 Å². The summed E-state index contributed by atoms with van der Waals surface area (Å²) in [5.41, 5.74) is -1.52. The van der Waals surface area contributed by atoms with Gasteiger partial charge < -0.3 is 10.2 Å². The number of aliphatic hydroxyl groups excluding tert-OH is 1. The van der Waals surface area contributed by atoms with E-state index in [0.29, 0.717) is 12.1 Å². The molecule has 0 saturated heterocycles. The Morgan fingerprint density at radius 1 is 1.29 bits per heavy atom. The molecule has 1 rings (SSSR count). The molecule has 11 heteroatoms. The highest BCUT2D eigenvalue weighted by molar-refractivity contribution is 7.89. The topological polar surface area (TPSA) is 104 Å². The van der Waals surface area contributed by atoms with Crippen molar-refractivity contribution >= 4 is 16.0 Å². The summed E-state index contributed by atoms with van der Waals surface area (Å²) in [6.07, 6.45) is 0. The predicted molar refractivity (Wildman–Crippen MR) is 60.5 cm³/mol. The number of benzene rings is 1. The highest BCUT2D eigenvalue weighted by atomic mass is 32.2. The Balaban J connectivity index is 3.22. The standard InChI is InChI=1S/C10H9F4NO5S/c11-5-1-2-6(8(12)7(5)9(17)18)21(19,20)15-3-10(13,14)4-16/h1-2,15-16H,3-4H2,(H,17,18). The second kappa shape index (κ2) is 5.95. The van der Waals surface area contributed by atoms with Gasteiger partial charge >= 0.3 is 5.97 Å². The lowest BCUT2D eigenvalue weighted by atomic mass is 10.2. The molecule has 0 radical (unpaired) electrons. The number of alkyl halides is 2. The maximum atomic E-state index is 13.7. The zero-order chi connectivity index (χ0) is 16.4. The maximum absolute atomic E-state index is 13.7. The van der Waals surface area contributed by atoms with E-state index in [1.54, 1.807) is 0 Å². The van der Waals surface area contributed by atoms with E-state index in [2.05, 4.69) is 0 Å².